The molecule has 0 aromatic carbocycles. The Kier molecular flexibility index (Phi) is 49.7. The summed E-state index contributed by atoms with van der Waals surface area (Å²) in [7, 11) is -9.86. The summed E-state index contributed by atoms with van der Waals surface area (Å²) >= 11 is 0. The van der Waals surface area contributed by atoms with Crippen LogP contribution in [0.3, 0.4) is 0 Å². The molecule has 0 aromatic rings. The molecule has 0 heterocycles. The van der Waals surface area contributed by atoms with Crippen LogP contribution in [0, 0.1) is 11.8 Å². The number of ether oxygens (including phenoxy) is 4. The van der Waals surface area contributed by atoms with Crippen LogP contribution in [0.2, 0.25) is 0 Å². The van der Waals surface area contributed by atoms with Gasteiger partial charge in [-0.15, -0.1) is 0 Å². The number of carbonyl (C=O) groups is 4. The van der Waals surface area contributed by atoms with Crippen molar-refractivity contribution in [1.82, 2.24) is 0 Å². The smallest absolute Gasteiger partial charge is 0.462 e. The van der Waals surface area contributed by atoms with Gasteiger partial charge in [-0.2, -0.15) is 0 Å². The molecule has 0 bridgehead atoms. The summed E-state index contributed by atoms with van der Waals surface area (Å²) in [4.78, 5) is 71.6. The molecule has 0 fully saturated rings. The second kappa shape index (κ2) is 51.0. The summed E-state index contributed by atoms with van der Waals surface area (Å²) in [5.41, 5.74) is 0. The highest BCUT2D eigenvalue weighted by molar-refractivity contribution is 7.47. The lowest BCUT2D eigenvalue weighted by molar-refractivity contribution is -0.161. The van der Waals surface area contributed by atoms with E-state index >= 15 is 0 Å². The van der Waals surface area contributed by atoms with Crippen molar-refractivity contribution in [3.63, 3.8) is 0 Å². The Hall–Kier alpha value is -1.94. The standard InChI is InChI=1S/C58H112O17P2/c1-7-10-12-14-21-30-36-42-57(62)74-53(46-68-55(60)40-34-26-13-11-8-2)48-72-76(64,65)70-44-52(59)45-71-77(66,67)73-49-54(47-69-56(61)41-35-29-24-20-19-23-28-33-39-51(6)9-3)75-58(63)43-37-31-25-18-16-15-17-22-27-32-38-50(4)5/h50-54,59H,7-49H2,1-6H3,(H,64,65)(H,66,67)/t51?,52-,53+,54+/m0/s1. The molecule has 17 nitrogen and oxygen atoms in total. The highest BCUT2D eigenvalue weighted by Crippen LogP contribution is 2.45. The van der Waals surface area contributed by atoms with Crippen molar-refractivity contribution in [3.8, 4) is 0 Å². The number of esters is 4. The molecular formula is C58H112O17P2. The van der Waals surface area contributed by atoms with Gasteiger partial charge in [0.05, 0.1) is 26.4 Å². The van der Waals surface area contributed by atoms with Gasteiger partial charge < -0.3 is 33.8 Å². The van der Waals surface area contributed by atoms with Crippen LogP contribution in [0.4, 0.5) is 0 Å². The van der Waals surface area contributed by atoms with E-state index in [-0.39, 0.29) is 25.7 Å². The maximum atomic E-state index is 12.9. The van der Waals surface area contributed by atoms with Crippen LogP contribution in [0.25, 0.3) is 0 Å². The molecule has 456 valence electrons. The topological polar surface area (TPSA) is 237 Å². The van der Waals surface area contributed by atoms with Crippen molar-refractivity contribution < 1.29 is 80.2 Å². The largest absolute Gasteiger partial charge is 0.472 e. The lowest BCUT2D eigenvalue weighted by Crippen LogP contribution is -2.30. The first-order valence-electron chi connectivity index (χ1n) is 30.5. The van der Waals surface area contributed by atoms with Crippen LogP contribution in [-0.2, 0) is 65.4 Å². The number of rotatable bonds is 57. The predicted octanol–water partition coefficient (Wildman–Crippen LogP) is 15.3. The van der Waals surface area contributed by atoms with Gasteiger partial charge in [0.2, 0.25) is 0 Å². The molecule has 77 heavy (non-hydrogen) atoms. The van der Waals surface area contributed by atoms with Crippen LogP contribution in [0.15, 0.2) is 0 Å². The van der Waals surface area contributed by atoms with Gasteiger partial charge in [-0.3, -0.25) is 37.3 Å². The van der Waals surface area contributed by atoms with Crippen LogP contribution >= 0.6 is 15.6 Å². The molecule has 0 aliphatic rings. The Balaban J connectivity index is 5.18. The number of unbranched alkanes of at least 4 members (excludes halogenated alkanes) is 26. The lowest BCUT2D eigenvalue weighted by atomic mass is 9.99. The Bertz CT molecular complexity index is 1530. The van der Waals surface area contributed by atoms with E-state index in [2.05, 4.69) is 41.5 Å². The van der Waals surface area contributed by atoms with E-state index < -0.39 is 97.5 Å². The van der Waals surface area contributed by atoms with Gasteiger partial charge in [0.25, 0.3) is 0 Å². The number of hydrogen-bond donors (Lipinski definition) is 3. The van der Waals surface area contributed by atoms with E-state index in [0.29, 0.717) is 25.7 Å². The minimum atomic E-state index is -4.94. The Morgan fingerprint density at radius 2 is 0.662 bits per heavy atom. The summed E-state index contributed by atoms with van der Waals surface area (Å²) in [5, 5.41) is 10.5. The first-order chi connectivity index (χ1) is 36.9. The molecule has 0 spiro atoms. The zero-order chi connectivity index (χ0) is 57.3. The van der Waals surface area contributed by atoms with Crippen LogP contribution in [-0.4, -0.2) is 96.7 Å². The summed E-state index contributed by atoms with van der Waals surface area (Å²) in [5.74, 6) is -0.628. The van der Waals surface area contributed by atoms with Crippen molar-refractivity contribution in [1.29, 1.82) is 0 Å². The molecular weight excluding hydrogens is 1030 g/mol. The van der Waals surface area contributed by atoms with Crippen molar-refractivity contribution in [3.05, 3.63) is 0 Å². The van der Waals surface area contributed by atoms with Gasteiger partial charge >= 0.3 is 39.5 Å². The van der Waals surface area contributed by atoms with E-state index in [1.165, 1.54) is 77.0 Å². The van der Waals surface area contributed by atoms with Crippen molar-refractivity contribution in [2.45, 2.75) is 297 Å². The summed E-state index contributed by atoms with van der Waals surface area (Å²) in [6, 6.07) is 0. The lowest BCUT2D eigenvalue weighted by Gasteiger charge is -2.21. The summed E-state index contributed by atoms with van der Waals surface area (Å²) in [6.45, 7) is 9.30. The third kappa shape index (κ3) is 51.9. The van der Waals surface area contributed by atoms with Gasteiger partial charge in [-0.25, -0.2) is 9.13 Å². The van der Waals surface area contributed by atoms with Gasteiger partial charge in [-0.05, 0) is 37.5 Å². The second-order valence-electron chi connectivity index (χ2n) is 21.7. The zero-order valence-corrected chi connectivity index (χ0v) is 51.0. The molecule has 0 saturated heterocycles. The Labute approximate surface area is 467 Å². The van der Waals surface area contributed by atoms with Crippen LogP contribution in [0.5, 0.6) is 0 Å². The normalized spacial score (nSPS) is 14.8. The zero-order valence-electron chi connectivity index (χ0n) is 49.2. The van der Waals surface area contributed by atoms with Gasteiger partial charge in [0.15, 0.2) is 12.2 Å². The minimum absolute atomic E-state index is 0.102. The highest BCUT2D eigenvalue weighted by atomic mass is 31.2. The maximum absolute atomic E-state index is 12.9. The molecule has 0 rings (SSSR count). The number of aliphatic hydroxyl groups is 1. The monoisotopic (exact) mass is 1140 g/mol. The minimum Gasteiger partial charge on any atom is -0.462 e. The fourth-order valence-electron chi connectivity index (χ4n) is 8.44. The molecule has 0 saturated carbocycles. The van der Waals surface area contributed by atoms with E-state index in [4.69, 9.17) is 37.0 Å². The molecule has 0 amide bonds. The number of hydrogen-bond acceptors (Lipinski definition) is 15. The quantitative estimate of drug-likeness (QED) is 0.0222. The van der Waals surface area contributed by atoms with Gasteiger partial charge in [0.1, 0.15) is 19.3 Å². The third-order valence-electron chi connectivity index (χ3n) is 13.6. The van der Waals surface area contributed by atoms with Crippen LogP contribution in [0.1, 0.15) is 279 Å². The van der Waals surface area contributed by atoms with E-state index in [0.717, 1.165) is 121 Å². The van der Waals surface area contributed by atoms with Gasteiger partial charge in [-0.1, -0.05) is 228 Å². The molecule has 6 atom stereocenters. The first-order valence-corrected chi connectivity index (χ1v) is 33.5. The molecule has 0 radical (unpaired) electrons. The number of carbonyl (C=O) groups excluding carboxylic acids is 4. The average Bonchev–Trinajstić information content (AvgIpc) is 3.39. The summed E-state index contributed by atoms with van der Waals surface area (Å²) < 4.78 is 67.5. The van der Waals surface area contributed by atoms with Crippen molar-refractivity contribution >= 4 is 39.5 Å². The molecule has 0 aromatic heterocycles. The fraction of sp³-hybridized carbons (Fsp3) is 0.931. The fourth-order valence-corrected chi connectivity index (χ4v) is 10.0. The van der Waals surface area contributed by atoms with Crippen molar-refractivity contribution in [2.75, 3.05) is 39.6 Å². The third-order valence-corrected chi connectivity index (χ3v) is 15.5. The highest BCUT2D eigenvalue weighted by Gasteiger charge is 2.30. The van der Waals surface area contributed by atoms with E-state index in [1.54, 1.807) is 0 Å². The SMILES string of the molecule is CCCCCCCCCC(=O)O[C@H](COC(=O)CCCCCCC)COP(=O)(O)OC[C@H](O)COP(=O)(O)OC[C@@H](COC(=O)CCCCCCCCCCC(C)CC)OC(=O)CCCCCCCCCCCCC(C)C. The maximum Gasteiger partial charge on any atom is 0.472 e. The number of aliphatic hydroxyl groups excluding tert-OH is 1. The molecule has 0 aliphatic heterocycles. The first kappa shape index (κ1) is 75.1. The van der Waals surface area contributed by atoms with Crippen LogP contribution < -0.4 is 0 Å². The average molecular weight is 1140 g/mol. The Morgan fingerprint density at radius 1 is 0.377 bits per heavy atom. The molecule has 19 heteroatoms. The predicted molar refractivity (Wildman–Crippen MR) is 303 cm³/mol. The molecule has 3 unspecified atom stereocenters. The van der Waals surface area contributed by atoms with Gasteiger partial charge in [0, 0.05) is 25.7 Å². The van der Waals surface area contributed by atoms with E-state index in [9.17, 15) is 43.2 Å². The molecule has 3 N–H and O–H groups in total. The molecule has 0 aliphatic carbocycles. The van der Waals surface area contributed by atoms with Crippen molar-refractivity contribution in [2.24, 2.45) is 11.8 Å². The summed E-state index contributed by atoms with van der Waals surface area (Å²) in [6.07, 6.45) is 31.1. The Morgan fingerprint density at radius 3 is 0.987 bits per heavy atom. The number of phosphoric ester groups is 2. The second-order valence-corrected chi connectivity index (χ2v) is 24.7. The van der Waals surface area contributed by atoms with E-state index in [1.807, 2.05) is 0 Å². The number of phosphoric acid groups is 2.